The van der Waals surface area contributed by atoms with Gasteiger partial charge in [0.05, 0.1) is 6.54 Å². The van der Waals surface area contributed by atoms with Crippen molar-refractivity contribution in [1.29, 1.82) is 0 Å². The van der Waals surface area contributed by atoms with Crippen molar-refractivity contribution < 1.29 is 4.79 Å². The number of halogens is 1. The summed E-state index contributed by atoms with van der Waals surface area (Å²) in [6.07, 6.45) is 0.661. The molecule has 0 N–H and O–H groups in total. The molecular weight excluding hydrogens is 370 g/mol. The Morgan fingerprint density at radius 1 is 1.23 bits per heavy atom. The molecule has 0 spiro atoms. The molecule has 6 nitrogen and oxygen atoms in total. The summed E-state index contributed by atoms with van der Waals surface area (Å²) in [4.78, 5) is 23.3. The fourth-order valence-corrected chi connectivity index (χ4v) is 3.71. The van der Waals surface area contributed by atoms with Crippen LogP contribution in [0, 0.1) is 0 Å². The highest BCUT2D eigenvalue weighted by atomic mass is 35.5. The van der Waals surface area contributed by atoms with Crippen LogP contribution in [0.5, 0.6) is 0 Å². The predicted octanol–water partition coefficient (Wildman–Crippen LogP) is 2.38. The molecule has 1 aromatic heterocycles. The van der Waals surface area contributed by atoms with Crippen LogP contribution in [0.4, 0.5) is 5.13 Å². The quantitative estimate of drug-likeness (QED) is 0.754. The zero-order chi connectivity index (χ0) is 18.5. The van der Waals surface area contributed by atoms with E-state index in [2.05, 4.69) is 21.2 Å². The summed E-state index contributed by atoms with van der Waals surface area (Å²) in [6.45, 7) is 7.05. The van der Waals surface area contributed by atoms with E-state index in [0.29, 0.717) is 13.0 Å². The maximum Gasteiger partial charge on any atom is 0.242 e. The van der Waals surface area contributed by atoms with Gasteiger partial charge in [-0.25, -0.2) is 4.98 Å². The van der Waals surface area contributed by atoms with Gasteiger partial charge in [0.15, 0.2) is 0 Å². The number of rotatable bonds is 6. The Bertz CT molecular complexity index is 727. The highest BCUT2D eigenvalue weighted by Gasteiger charge is 2.22. The Hall–Kier alpha value is -1.70. The molecule has 1 aliphatic heterocycles. The molecule has 0 atom stereocenters. The van der Waals surface area contributed by atoms with Crippen molar-refractivity contribution in [2.75, 3.05) is 51.2 Å². The average molecular weight is 394 g/mol. The Kier molecular flexibility index (Phi) is 6.45. The van der Waals surface area contributed by atoms with Crippen molar-refractivity contribution in [1.82, 2.24) is 19.2 Å². The zero-order valence-electron chi connectivity index (χ0n) is 15.2. The lowest BCUT2D eigenvalue weighted by molar-refractivity contribution is -0.131. The number of benzene rings is 1. The number of piperazine rings is 1. The van der Waals surface area contributed by atoms with Crippen LogP contribution in [0.3, 0.4) is 0 Å². The SMILES string of the molecule is CCN1CCN(C(=O)CN(C)c2nc(Cc3ccc(Cl)cc3)ns2)CC1. The highest BCUT2D eigenvalue weighted by Crippen LogP contribution is 2.19. The normalized spacial score (nSPS) is 15.3. The molecule has 8 heteroatoms. The summed E-state index contributed by atoms with van der Waals surface area (Å²) in [5, 5.41) is 1.49. The lowest BCUT2D eigenvalue weighted by atomic mass is 10.1. The van der Waals surface area contributed by atoms with Crippen LogP contribution >= 0.6 is 23.1 Å². The fraction of sp³-hybridized carbons (Fsp3) is 0.500. The van der Waals surface area contributed by atoms with Gasteiger partial charge in [-0.3, -0.25) is 4.79 Å². The van der Waals surface area contributed by atoms with E-state index >= 15 is 0 Å². The van der Waals surface area contributed by atoms with Crippen LogP contribution in [0.25, 0.3) is 0 Å². The molecule has 1 aromatic carbocycles. The molecule has 1 aliphatic rings. The summed E-state index contributed by atoms with van der Waals surface area (Å²) >= 11 is 7.25. The number of hydrogen-bond donors (Lipinski definition) is 0. The summed E-state index contributed by atoms with van der Waals surface area (Å²) < 4.78 is 4.42. The Labute approximate surface area is 163 Å². The number of carbonyl (C=O) groups excluding carboxylic acids is 1. The van der Waals surface area contributed by atoms with Crippen LogP contribution in [-0.4, -0.2) is 71.4 Å². The second-order valence-corrected chi connectivity index (χ2v) is 7.63. The number of hydrogen-bond acceptors (Lipinski definition) is 6. The van der Waals surface area contributed by atoms with Gasteiger partial charge in [0.1, 0.15) is 5.82 Å². The second kappa shape index (κ2) is 8.79. The molecule has 1 saturated heterocycles. The monoisotopic (exact) mass is 393 g/mol. The molecule has 0 bridgehead atoms. The number of carbonyl (C=O) groups is 1. The molecule has 0 saturated carbocycles. The van der Waals surface area contributed by atoms with Gasteiger partial charge in [0, 0.05) is 56.2 Å². The van der Waals surface area contributed by atoms with Crippen LogP contribution in [0.15, 0.2) is 24.3 Å². The van der Waals surface area contributed by atoms with Crippen molar-refractivity contribution in [3.8, 4) is 0 Å². The minimum Gasteiger partial charge on any atom is -0.341 e. The van der Waals surface area contributed by atoms with Crippen molar-refractivity contribution in [2.24, 2.45) is 0 Å². The molecular formula is C18H24ClN5OS. The van der Waals surface area contributed by atoms with Gasteiger partial charge in [-0.15, -0.1) is 0 Å². The van der Waals surface area contributed by atoms with E-state index in [0.717, 1.165) is 54.3 Å². The highest BCUT2D eigenvalue weighted by molar-refractivity contribution is 7.09. The Balaban J connectivity index is 1.53. The average Bonchev–Trinajstić information content (AvgIpc) is 3.12. The van der Waals surface area contributed by atoms with Crippen molar-refractivity contribution in [3.05, 3.63) is 40.7 Å². The third-order valence-electron chi connectivity index (χ3n) is 4.60. The molecule has 3 rings (SSSR count). The first-order chi connectivity index (χ1) is 12.5. The van der Waals surface area contributed by atoms with Gasteiger partial charge in [0.2, 0.25) is 11.0 Å². The molecule has 2 aromatic rings. The van der Waals surface area contributed by atoms with Gasteiger partial charge in [-0.05, 0) is 24.2 Å². The van der Waals surface area contributed by atoms with Crippen LogP contribution in [0.2, 0.25) is 5.02 Å². The third-order valence-corrected chi connectivity index (χ3v) is 5.72. The smallest absolute Gasteiger partial charge is 0.242 e. The van der Waals surface area contributed by atoms with E-state index in [1.807, 2.05) is 41.1 Å². The van der Waals surface area contributed by atoms with Gasteiger partial charge in [0.25, 0.3) is 0 Å². The van der Waals surface area contributed by atoms with Crippen molar-refractivity contribution in [3.63, 3.8) is 0 Å². The summed E-state index contributed by atoms with van der Waals surface area (Å²) in [5.41, 5.74) is 1.12. The van der Waals surface area contributed by atoms with E-state index in [-0.39, 0.29) is 5.91 Å². The molecule has 0 unspecified atom stereocenters. The predicted molar refractivity (Wildman–Crippen MR) is 106 cm³/mol. The molecule has 140 valence electrons. The number of aromatic nitrogens is 2. The largest absolute Gasteiger partial charge is 0.341 e. The minimum atomic E-state index is 0.151. The minimum absolute atomic E-state index is 0.151. The first-order valence-corrected chi connectivity index (χ1v) is 9.98. The lowest BCUT2D eigenvalue weighted by Gasteiger charge is -2.34. The summed E-state index contributed by atoms with van der Waals surface area (Å²) in [5.74, 6) is 0.917. The lowest BCUT2D eigenvalue weighted by Crippen LogP contribution is -2.50. The maximum atomic E-state index is 12.5. The van der Waals surface area contributed by atoms with Gasteiger partial charge < -0.3 is 14.7 Å². The van der Waals surface area contributed by atoms with E-state index < -0.39 is 0 Å². The first-order valence-electron chi connectivity index (χ1n) is 8.83. The van der Waals surface area contributed by atoms with E-state index in [1.165, 1.54) is 11.5 Å². The number of anilines is 1. The topological polar surface area (TPSA) is 52.6 Å². The number of amides is 1. The molecule has 0 aliphatic carbocycles. The van der Waals surface area contributed by atoms with Crippen LogP contribution < -0.4 is 4.90 Å². The van der Waals surface area contributed by atoms with E-state index in [9.17, 15) is 4.79 Å². The standard InChI is InChI=1S/C18H24ClN5OS/c1-3-23-8-10-24(11-9-23)17(25)13-22(2)18-20-16(21-26-18)12-14-4-6-15(19)7-5-14/h4-7H,3,8-13H2,1-2H3. The second-order valence-electron chi connectivity index (χ2n) is 6.47. The van der Waals surface area contributed by atoms with Crippen LogP contribution in [0.1, 0.15) is 18.3 Å². The van der Waals surface area contributed by atoms with Gasteiger partial charge in [-0.2, -0.15) is 4.37 Å². The summed E-state index contributed by atoms with van der Waals surface area (Å²) in [6, 6.07) is 7.69. The van der Waals surface area contributed by atoms with Gasteiger partial charge in [-0.1, -0.05) is 30.7 Å². The Morgan fingerprint density at radius 3 is 2.58 bits per heavy atom. The van der Waals surface area contributed by atoms with Crippen molar-refractivity contribution >= 4 is 34.2 Å². The summed E-state index contributed by atoms with van der Waals surface area (Å²) in [7, 11) is 1.90. The Morgan fingerprint density at radius 2 is 1.92 bits per heavy atom. The molecule has 1 fully saturated rings. The number of likely N-dealkylation sites (N-methyl/N-ethyl adjacent to an activating group) is 2. The molecule has 1 amide bonds. The van der Waals surface area contributed by atoms with E-state index in [1.54, 1.807) is 0 Å². The third kappa shape index (κ3) is 4.93. The van der Waals surface area contributed by atoms with Crippen LogP contribution in [-0.2, 0) is 11.2 Å². The first kappa shape index (κ1) is 19.1. The van der Waals surface area contributed by atoms with Crippen molar-refractivity contribution in [2.45, 2.75) is 13.3 Å². The molecule has 26 heavy (non-hydrogen) atoms. The molecule has 0 radical (unpaired) electrons. The number of nitrogens with zero attached hydrogens (tertiary/aromatic N) is 5. The molecule has 2 heterocycles. The van der Waals surface area contributed by atoms with Gasteiger partial charge >= 0.3 is 0 Å². The van der Waals surface area contributed by atoms with E-state index in [4.69, 9.17) is 11.6 Å². The zero-order valence-corrected chi connectivity index (χ0v) is 16.8. The maximum absolute atomic E-state index is 12.5. The fourth-order valence-electron chi connectivity index (χ4n) is 2.94.